The molecule has 0 bridgehead atoms. The molecule has 0 fully saturated rings. The maximum Gasteiger partial charge on any atom is 0.127 e. The normalized spacial score (nSPS) is 12.4. The molecule has 1 atom stereocenters. The van der Waals surface area contributed by atoms with Crippen molar-refractivity contribution in [3.05, 3.63) is 35.9 Å². The second-order valence-electron chi connectivity index (χ2n) is 2.63. The van der Waals surface area contributed by atoms with E-state index in [1.54, 1.807) is 0 Å². The Morgan fingerprint density at radius 2 is 2.00 bits per heavy atom. The fourth-order valence-corrected chi connectivity index (χ4v) is 1.37. The lowest BCUT2D eigenvalue weighted by Crippen LogP contribution is -2.00. The molecule has 0 heterocycles. The molecular formula is C10H11ClO. The summed E-state index contributed by atoms with van der Waals surface area (Å²) >= 11 is 5.57. The Hall–Kier alpha value is -0.820. The molecule has 1 aromatic rings. The molecule has 0 aromatic heterocycles. The van der Waals surface area contributed by atoms with Crippen molar-refractivity contribution >= 4 is 17.9 Å². The van der Waals surface area contributed by atoms with E-state index >= 15 is 0 Å². The number of hydrogen-bond donors (Lipinski definition) is 0. The highest BCUT2D eigenvalue weighted by Gasteiger charge is 2.07. The predicted molar refractivity (Wildman–Crippen MR) is 50.6 cm³/mol. The van der Waals surface area contributed by atoms with E-state index in [-0.39, 0.29) is 5.92 Å². The Balaban J connectivity index is 2.73. The van der Waals surface area contributed by atoms with Gasteiger partial charge in [-0.15, -0.1) is 11.6 Å². The lowest BCUT2D eigenvalue weighted by Gasteiger charge is -2.07. The smallest absolute Gasteiger partial charge is 0.127 e. The number of carbonyl (C=O) groups is 1. The topological polar surface area (TPSA) is 17.1 Å². The summed E-state index contributed by atoms with van der Waals surface area (Å²) < 4.78 is 0. The van der Waals surface area contributed by atoms with Crippen molar-refractivity contribution in [1.29, 1.82) is 0 Å². The lowest BCUT2D eigenvalue weighted by atomic mass is 9.98. The van der Waals surface area contributed by atoms with E-state index in [1.807, 2.05) is 30.3 Å². The van der Waals surface area contributed by atoms with Crippen LogP contribution in [0, 0.1) is 0 Å². The number of aldehydes is 1. The summed E-state index contributed by atoms with van der Waals surface area (Å²) in [5.41, 5.74) is 1.05. The van der Waals surface area contributed by atoms with Crippen LogP contribution in [0.3, 0.4) is 0 Å². The molecule has 0 radical (unpaired) electrons. The van der Waals surface area contributed by atoms with Crippen LogP contribution in [-0.4, -0.2) is 12.2 Å². The summed E-state index contributed by atoms with van der Waals surface area (Å²) in [6.07, 6.45) is 1.67. The van der Waals surface area contributed by atoms with Crippen molar-refractivity contribution in [2.75, 3.05) is 5.88 Å². The highest BCUT2D eigenvalue weighted by Crippen LogP contribution is 2.16. The van der Waals surface area contributed by atoms with Crippen LogP contribution in [0.15, 0.2) is 30.3 Å². The summed E-state index contributed by atoms with van der Waals surface area (Å²) in [6.45, 7) is 0. The van der Waals surface area contributed by atoms with Gasteiger partial charge in [-0.25, -0.2) is 0 Å². The zero-order valence-corrected chi connectivity index (χ0v) is 7.50. The van der Waals surface area contributed by atoms with E-state index in [1.165, 1.54) is 0 Å². The molecule has 0 amide bonds. The second kappa shape index (κ2) is 4.94. The van der Waals surface area contributed by atoms with E-state index in [0.29, 0.717) is 5.88 Å². The van der Waals surface area contributed by atoms with Crippen molar-refractivity contribution in [3.63, 3.8) is 0 Å². The molecule has 0 aliphatic rings. The van der Waals surface area contributed by atoms with Gasteiger partial charge in [-0.1, -0.05) is 30.3 Å². The van der Waals surface area contributed by atoms with Crippen molar-refractivity contribution in [1.82, 2.24) is 0 Å². The molecule has 0 aliphatic heterocycles. The molecule has 0 N–H and O–H groups in total. The second-order valence-corrected chi connectivity index (χ2v) is 3.01. The van der Waals surface area contributed by atoms with Crippen LogP contribution in [0.5, 0.6) is 0 Å². The van der Waals surface area contributed by atoms with Crippen molar-refractivity contribution in [2.45, 2.75) is 12.3 Å². The van der Waals surface area contributed by atoms with Crippen LogP contribution in [0.25, 0.3) is 0 Å². The first-order valence-corrected chi connectivity index (χ1v) is 4.48. The highest BCUT2D eigenvalue weighted by molar-refractivity contribution is 6.18. The van der Waals surface area contributed by atoms with Gasteiger partial charge in [-0.2, -0.15) is 0 Å². The molecule has 1 nitrogen and oxygen atoms in total. The van der Waals surface area contributed by atoms with Gasteiger partial charge in [0.1, 0.15) is 6.29 Å². The van der Waals surface area contributed by atoms with Crippen molar-refractivity contribution in [3.8, 4) is 0 Å². The minimum atomic E-state index is -0.0382. The molecule has 0 saturated carbocycles. The Bertz CT molecular complexity index is 233. The van der Waals surface area contributed by atoms with Gasteiger partial charge in [0.05, 0.1) is 0 Å². The summed E-state index contributed by atoms with van der Waals surface area (Å²) in [5, 5.41) is 0. The van der Waals surface area contributed by atoms with Crippen LogP contribution >= 0.6 is 11.6 Å². The third-order valence-electron chi connectivity index (χ3n) is 1.81. The largest absolute Gasteiger partial charge is 0.303 e. The third kappa shape index (κ3) is 2.35. The quantitative estimate of drug-likeness (QED) is 0.517. The first-order valence-electron chi connectivity index (χ1n) is 3.94. The fourth-order valence-electron chi connectivity index (χ4n) is 1.13. The molecule has 0 saturated heterocycles. The summed E-state index contributed by atoms with van der Waals surface area (Å²) in [5.74, 6) is 0.488. The Morgan fingerprint density at radius 3 is 2.50 bits per heavy atom. The molecule has 1 unspecified atom stereocenters. The molecule has 0 spiro atoms. The van der Waals surface area contributed by atoms with Crippen LogP contribution in [0.4, 0.5) is 0 Å². The van der Waals surface area contributed by atoms with Gasteiger partial charge in [0.15, 0.2) is 0 Å². The molecule has 2 heteroatoms. The van der Waals surface area contributed by atoms with Crippen LogP contribution in [0.1, 0.15) is 17.9 Å². The maximum atomic E-state index is 10.6. The number of halogens is 1. The van der Waals surface area contributed by atoms with E-state index < -0.39 is 0 Å². The number of carbonyl (C=O) groups excluding carboxylic acids is 1. The maximum absolute atomic E-state index is 10.6. The Morgan fingerprint density at radius 1 is 1.33 bits per heavy atom. The van der Waals surface area contributed by atoms with Crippen LogP contribution < -0.4 is 0 Å². The van der Waals surface area contributed by atoms with Gasteiger partial charge in [0.25, 0.3) is 0 Å². The monoisotopic (exact) mass is 182 g/mol. The van der Waals surface area contributed by atoms with Crippen molar-refractivity contribution in [2.24, 2.45) is 0 Å². The standard InChI is InChI=1S/C10H11ClO/c11-7-6-10(8-12)9-4-2-1-3-5-9/h1-5,8,10H,6-7H2. The van der Waals surface area contributed by atoms with Gasteiger partial charge >= 0.3 is 0 Å². The first-order chi connectivity index (χ1) is 5.88. The van der Waals surface area contributed by atoms with Crippen molar-refractivity contribution < 1.29 is 4.79 Å². The molecule has 0 aliphatic carbocycles. The number of rotatable bonds is 4. The first kappa shape index (κ1) is 9.27. The number of benzene rings is 1. The fraction of sp³-hybridized carbons (Fsp3) is 0.300. The minimum Gasteiger partial charge on any atom is -0.303 e. The van der Waals surface area contributed by atoms with E-state index in [9.17, 15) is 4.79 Å². The van der Waals surface area contributed by atoms with Gasteiger partial charge in [-0.3, -0.25) is 0 Å². The molecular weight excluding hydrogens is 172 g/mol. The third-order valence-corrected chi connectivity index (χ3v) is 2.03. The van der Waals surface area contributed by atoms with E-state index in [0.717, 1.165) is 18.3 Å². The zero-order chi connectivity index (χ0) is 8.81. The van der Waals surface area contributed by atoms with E-state index in [4.69, 9.17) is 11.6 Å². The molecule has 1 rings (SSSR count). The van der Waals surface area contributed by atoms with Gasteiger partial charge < -0.3 is 4.79 Å². The average molecular weight is 183 g/mol. The molecule has 1 aromatic carbocycles. The molecule has 12 heavy (non-hydrogen) atoms. The lowest BCUT2D eigenvalue weighted by molar-refractivity contribution is -0.109. The summed E-state index contributed by atoms with van der Waals surface area (Å²) in [4.78, 5) is 10.6. The highest BCUT2D eigenvalue weighted by atomic mass is 35.5. The summed E-state index contributed by atoms with van der Waals surface area (Å²) in [7, 11) is 0. The number of hydrogen-bond acceptors (Lipinski definition) is 1. The predicted octanol–water partition coefficient (Wildman–Crippen LogP) is 2.60. The minimum absolute atomic E-state index is 0.0382. The Labute approximate surface area is 77.4 Å². The van der Waals surface area contributed by atoms with Gasteiger partial charge in [0.2, 0.25) is 0 Å². The zero-order valence-electron chi connectivity index (χ0n) is 6.74. The summed E-state index contributed by atoms with van der Waals surface area (Å²) in [6, 6.07) is 9.70. The Kier molecular flexibility index (Phi) is 3.81. The SMILES string of the molecule is O=CC(CCCl)c1ccccc1. The van der Waals surface area contributed by atoms with Gasteiger partial charge in [-0.05, 0) is 12.0 Å². The molecule has 64 valence electrons. The van der Waals surface area contributed by atoms with Crippen LogP contribution in [0.2, 0.25) is 0 Å². The van der Waals surface area contributed by atoms with Gasteiger partial charge in [0, 0.05) is 11.8 Å². The van der Waals surface area contributed by atoms with E-state index in [2.05, 4.69) is 0 Å². The van der Waals surface area contributed by atoms with Crippen LogP contribution in [-0.2, 0) is 4.79 Å². The number of alkyl halides is 1. The average Bonchev–Trinajstić information content (AvgIpc) is 2.15.